The fourth-order valence-electron chi connectivity index (χ4n) is 0.883. The standard InChI is InChI=1S/C9H15F3O2/c1-7(8(2)13)4-3-5-14-6-9(10,11)12/h7H,3-6H2,1-2H3. The lowest BCUT2D eigenvalue weighted by atomic mass is 10.0. The van der Waals surface area contributed by atoms with Crippen LogP contribution in [0.1, 0.15) is 26.7 Å². The van der Waals surface area contributed by atoms with Gasteiger partial charge in [0.2, 0.25) is 0 Å². The Morgan fingerprint density at radius 2 is 2.00 bits per heavy atom. The van der Waals surface area contributed by atoms with E-state index in [-0.39, 0.29) is 18.3 Å². The molecule has 0 heterocycles. The van der Waals surface area contributed by atoms with Crippen LogP contribution >= 0.6 is 0 Å². The molecule has 0 bridgehead atoms. The Bertz CT molecular complexity index is 177. The van der Waals surface area contributed by atoms with Gasteiger partial charge in [0, 0.05) is 12.5 Å². The second-order valence-corrected chi connectivity index (χ2v) is 3.32. The van der Waals surface area contributed by atoms with E-state index >= 15 is 0 Å². The van der Waals surface area contributed by atoms with Crippen LogP contribution in [-0.2, 0) is 9.53 Å². The molecule has 2 nitrogen and oxygen atoms in total. The lowest BCUT2D eigenvalue weighted by Crippen LogP contribution is -2.17. The normalized spacial score (nSPS) is 14.1. The van der Waals surface area contributed by atoms with E-state index in [0.29, 0.717) is 12.8 Å². The quantitative estimate of drug-likeness (QED) is 0.632. The van der Waals surface area contributed by atoms with Gasteiger partial charge in [0.25, 0.3) is 0 Å². The second kappa shape index (κ2) is 6.01. The number of carbonyl (C=O) groups is 1. The Morgan fingerprint density at radius 1 is 1.43 bits per heavy atom. The number of Topliss-reactive ketones (excluding diaryl/α,β-unsaturated/α-hetero) is 1. The summed E-state index contributed by atoms with van der Waals surface area (Å²) < 4.78 is 39.2. The molecular formula is C9H15F3O2. The lowest BCUT2D eigenvalue weighted by Gasteiger charge is -2.09. The second-order valence-electron chi connectivity index (χ2n) is 3.32. The van der Waals surface area contributed by atoms with E-state index in [0.717, 1.165) is 0 Å². The van der Waals surface area contributed by atoms with Crippen molar-refractivity contribution in [3.05, 3.63) is 0 Å². The van der Waals surface area contributed by atoms with Crippen molar-refractivity contribution in [2.75, 3.05) is 13.2 Å². The summed E-state index contributed by atoms with van der Waals surface area (Å²) in [5, 5.41) is 0. The summed E-state index contributed by atoms with van der Waals surface area (Å²) in [5.41, 5.74) is 0. The minimum Gasteiger partial charge on any atom is -0.372 e. The molecule has 0 radical (unpaired) electrons. The van der Waals surface area contributed by atoms with Gasteiger partial charge in [0.15, 0.2) is 0 Å². The number of hydrogen-bond acceptors (Lipinski definition) is 2. The van der Waals surface area contributed by atoms with E-state index in [2.05, 4.69) is 4.74 Å². The van der Waals surface area contributed by atoms with E-state index in [1.807, 2.05) is 0 Å². The van der Waals surface area contributed by atoms with Crippen LogP contribution < -0.4 is 0 Å². The predicted octanol–water partition coefficient (Wildman–Crippen LogP) is 2.57. The number of ketones is 1. The highest BCUT2D eigenvalue weighted by molar-refractivity contribution is 5.77. The molecule has 1 unspecified atom stereocenters. The third-order valence-electron chi connectivity index (χ3n) is 1.89. The molecule has 0 saturated heterocycles. The predicted molar refractivity (Wildman–Crippen MR) is 46.0 cm³/mol. The third-order valence-corrected chi connectivity index (χ3v) is 1.89. The first kappa shape index (κ1) is 13.4. The number of carbonyl (C=O) groups excluding carboxylic acids is 1. The highest BCUT2D eigenvalue weighted by Gasteiger charge is 2.27. The average molecular weight is 212 g/mol. The van der Waals surface area contributed by atoms with Gasteiger partial charge in [-0.3, -0.25) is 4.79 Å². The molecule has 0 amide bonds. The van der Waals surface area contributed by atoms with Gasteiger partial charge in [-0.15, -0.1) is 0 Å². The molecule has 0 aliphatic carbocycles. The lowest BCUT2D eigenvalue weighted by molar-refractivity contribution is -0.174. The van der Waals surface area contributed by atoms with Crippen LogP contribution in [0.3, 0.4) is 0 Å². The van der Waals surface area contributed by atoms with Crippen molar-refractivity contribution in [3.63, 3.8) is 0 Å². The van der Waals surface area contributed by atoms with Gasteiger partial charge in [-0.05, 0) is 19.8 Å². The zero-order chi connectivity index (χ0) is 11.2. The van der Waals surface area contributed by atoms with Crippen LogP contribution in [0.15, 0.2) is 0 Å². The monoisotopic (exact) mass is 212 g/mol. The van der Waals surface area contributed by atoms with Crippen LogP contribution in [-0.4, -0.2) is 25.2 Å². The average Bonchev–Trinajstić information content (AvgIpc) is 2.01. The van der Waals surface area contributed by atoms with Crippen molar-refractivity contribution < 1.29 is 22.7 Å². The Morgan fingerprint density at radius 3 is 2.43 bits per heavy atom. The third kappa shape index (κ3) is 8.04. The van der Waals surface area contributed by atoms with E-state index in [1.54, 1.807) is 6.92 Å². The van der Waals surface area contributed by atoms with E-state index in [1.165, 1.54) is 6.92 Å². The molecule has 0 fully saturated rings. The molecule has 0 aliphatic rings. The van der Waals surface area contributed by atoms with Crippen molar-refractivity contribution in [2.24, 2.45) is 5.92 Å². The largest absolute Gasteiger partial charge is 0.411 e. The highest BCUT2D eigenvalue weighted by Crippen LogP contribution is 2.15. The molecule has 0 aromatic carbocycles. The molecule has 0 aromatic rings. The first-order valence-electron chi connectivity index (χ1n) is 4.48. The summed E-state index contributed by atoms with van der Waals surface area (Å²) in [6.07, 6.45) is -3.20. The van der Waals surface area contributed by atoms with E-state index in [4.69, 9.17) is 0 Å². The Kier molecular flexibility index (Phi) is 5.76. The van der Waals surface area contributed by atoms with Gasteiger partial charge < -0.3 is 4.74 Å². The summed E-state index contributed by atoms with van der Waals surface area (Å²) in [6, 6.07) is 0. The van der Waals surface area contributed by atoms with Crippen LogP contribution in [0, 0.1) is 5.92 Å². The number of halogens is 3. The topological polar surface area (TPSA) is 26.3 Å². The first-order valence-corrected chi connectivity index (χ1v) is 4.48. The molecular weight excluding hydrogens is 197 g/mol. The summed E-state index contributed by atoms with van der Waals surface area (Å²) in [5.74, 6) is -0.0368. The summed E-state index contributed by atoms with van der Waals surface area (Å²) in [6.45, 7) is 2.08. The van der Waals surface area contributed by atoms with Crippen LogP contribution in [0.5, 0.6) is 0 Å². The van der Waals surface area contributed by atoms with Gasteiger partial charge in [-0.25, -0.2) is 0 Å². The molecule has 1 atom stereocenters. The van der Waals surface area contributed by atoms with Crippen molar-refractivity contribution in [1.29, 1.82) is 0 Å². The van der Waals surface area contributed by atoms with Gasteiger partial charge in [-0.1, -0.05) is 6.92 Å². The smallest absolute Gasteiger partial charge is 0.372 e. The number of rotatable bonds is 6. The maximum Gasteiger partial charge on any atom is 0.411 e. The Labute approximate surface area is 81.4 Å². The van der Waals surface area contributed by atoms with Gasteiger partial charge in [0.05, 0.1) is 0 Å². The fraction of sp³-hybridized carbons (Fsp3) is 0.889. The maximum atomic E-state index is 11.6. The van der Waals surface area contributed by atoms with Crippen LogP contribution in [0.4, 0.5) is 13.2 Å². The molecule has 0 N–H and O–H groups in total. The molecule has 5 heteroatoms. The molecule has 14 heavy (non-hydrogen) atoms. The SMILES string of the molecule is CC(=O)C(C)CCCOCC(F)(F)F. The molecule has 84 valence electrons. The van der Waals surface area contributed by atoms with Crippen molar-refractivity contribution in [3.8, 4) is 0 Å². The van der Waals surface area contributed by atoms with E-state index < -0.39 is 12.8 Å². The molecule has 0 aliphatic heterocycles. The first-order chi connectivity index (χ1) is 6.33. The minimum atomic E-state index is -4.26. The number of hydrogen-bond donors (Lipinski definition) is 0. The van der Waals surface area contributed by atoms with Gasteiger partial charge >= 0.3 is 6.18 Å². The number of ether oxygens (including phenoxy) is 1. The van der Waals surface area contributed by atoms with Crippen molar-refractivity contribution in [2.45, 2.75) is 32.9 Å². The molecule has 0 aromatic heterocycles. The van der Waals surface area contributed by atoms with Crippen molar-refractivity contribution in [1.82, 2.24) is 0 Å². The van der Waals surface area contributed by atoms with Gasteiger partial charge in [0.1, 0.15) is 12.4 Å². The molecule has 0 saturated carbocycles. The van der Waals surface area contributed by atoms with Crippen LogP contribution in [0.25, 0.3) is 0 Å². The fourth-order valence-corrected chi connectivity index (χ4v) is 0.883. The van der Waals surface area contributed by atoms with Crippen LogP contribution in [0.2, 0.25) is 0 Å². The Balaban J connectivity index is 3.35. The Hall–Kier alpha value is -0.580. The molecule has 0 rings (SSSR count). The zero-order valence-electron chi connectivity index (χ0n) is 8.36. The summed E-state index contributed by atoms with van der Waals surface area (Å²) in [7, 11) is 0. The minimum absolute atomic E-state index is 0.0527. The number of alkyl halides is 3. The van der Waals surface area contributed by atoms with E-state index in [9.17, 15) is 18.0 Å². The molecule has 0 spiro atoms. The van der Waals surface area contributed by atoms with Gasteiger partial charge in [-0.2, -0.15) is 13.2 Å². The highest BCUT2D eigenvalue weighted by atomic mass is 19.4. The van der Waals surface area contributed by atoms with Crippen molar-refractivity contribution >= 4 is 5.78 Å². The summed E-state index contributed by atoms with van der Waals surface area (Å²) in [4.78, 5) is 10.7. The zero-order valence-corrected chi connectivity index (χ0v) is 8.36. The maximum absolute atomic E-state index is 11.6. The summed E-state index contributed by atoms with van der Waals surface area (Å²) >= 11 is 0.